The normalized spacial score (nSPS) is 18.8. The maximum atomic E-state index is 2.48. The SMILES string of the molecule is CC1=C[Si](C)(C)c2ccccc21. The second kappa shape index (κ2) is 2.33. The summed E-state index contributed by atoms with van der Waals surface area (Å²) in [4.78, 5) is 0. The maximum absolute atomic E-state index is 2.48. The van der Waals surface area contributed by atoms with Crippen LogP contribution in [0.3, 0.4) is 0 Å². The third-order valence-electron chi connectivity index (χ3n) is 2.62. The number of allylic oxidation sites excluding steroid dienone is 1. The lowest BCUT2D eigenvalue weighted by atomic mass is 10.1. The number of benzene rings is 1. The van der Waals surface area contributed by atoms with Crippen molar-refractivity contribution in [2.24, 2.45) is 0 Å². The Morgan fingerprint density at radius 3 is 2.42 bits per heavy atom. The van der Waals surface area contributed by atoms with Gasteiger partial charge in [-0.05, 0) is 17.7 Å². The summed E-state index contributed by atoms with van der Waals surface area (Å²) in [6.45, 7) is 7.03. The number of rotatable bonds is 0. The van der Waals surface area contributed by atoms with Gasteiger partial charge in [-0.3, -0.25) is 0 Å². The van der Waals surface area contributed by atoms with Crippen LogP contribution in [0.4, 0.5) is 0 Å². The molecule has 0 aliphatic carbocycles. The number of hydrogen-bond acceptors (Lipinski definition) is 0. The van der Waals surface area contributed by atoms with Crippen LogP contribution in [0.15, 0.2) is 30.0 Å². The van der Waals surface area contributed by atoms with Crippen LogP contribution < -0.4 is 5.19 Å². The molecule has 1 aromatic rings. The second-order valence-electron chi connectivity index (χ2n) is 4.09. The first kappa shape index (κ1) is 7.81. The van der Waals surface area contributed by atoms with Crippen molar-refractivity contribution in [3.63, 3.8) is 0 Å². The Morgan fingerprint density at radius 2 is 1.75 bits per heavy atom. The fourth-order valence-electron chi connectivity index (χ4n) is 2.09. The highest BCUT2D eigenvalue weighted by Crippen LogP contribution is 2.25. The number of hydrogen-bond donors (Lipinski definition) is 0. The van der Waals surface area contributed by atoms with Crippen molar-refractivity contribution in [3.8, 4) is 0 Å². The van der Waals surface area contributed by atoms with E-state index >= 15 is 0 Å². The van der Waals surface area contributed by atoms with Crippen LogP contribution in [0.5, 0.6) is 0 Å². The second-order valence-corrected chi connectivity index (χ2v) is 8.37. The van der Waals surface area contributed by atoms with Gasteiger partial charge in [0, 0.05) is 0 Å². The fourth-order valence-corrected chi connectivity index (χ4v) is 4.98. The molecular weight excluding hydrogens is 160 g/mol. The van der Waals surface area contributed by atoms with E-state index in [1.807, 2.05) is 0 Å². The van der Waals surface area contributed by atoms with E-state index in [9.17, 15) is 0 Å². The fraction of sp³-hybridized carbons (Fsp3) is 0.273. The zero-order valence-electron chi connectivity index (χ0n) is 7.89. The molecule has 0 N–H and O–H groups in total. The molecule has 0 saturated heterocycles. The molecule has 1 heteroatoms. The standard InChI is InChI=1S/C11H14Si/c1-9-8-12(2,3)11-7-5-4-6-10(9)11/h4-8H,1-3H3. The molecule has 0 fully saturated rings. The lowest BCUT2D eigenvalue weighted by Gasteiger charge is -2.14. The van der Waals surface area contributed by atoms with E-state index in [1.54, 1.807) is 5.19 Å². The van der Waals surface area contributed by atoms with E-state index in [1.165, 1.54) is 11.1 Å². The predicted octanol–water partition coefficient (Wildman–Crippen LogP) is 2.56. The molecular formula is C11H14Si. The number of fused-ring (bicyclic) bond motifs is 1. The zero-order chi connectivity index (χ0) is 8.77. The summed E-state index contributed by atoms with van der Waals surface area (Å²) in [5.41, 5.74) is 5.44. The van der Waals surface area contributed by atoms with Crippen LogP contribution in [-0.2, 0) is 0 Å². The molecule has 0 radical (unpaired) electrons. The van der Waals surface area contributed by atoms with Crippen molar-refractivity contribution in [3.05, 3.63) is 35.5 Å². The van der Waals surface area contributed by atoms with Gasteiger partial charge in [-0.25, -0.2) is 0 Å². The first-order valence-corrected chi connectivity index (χ1v) is 7.48. The van der Waals surface area contributed by atoms with E-state index < -0.39 is 8.07 Å². The minimum absolute atomic E-state index is 1.19. The molecule has 12 heavy (non-hydrogen) atoms. The summed E-state index contributed by atoms with van der Waals surface area (Å²) >= 11 is 0. The summed E-state index contributed by atoms with van der Waals surface area (Å²) in [5.74, 6) is 0. The first-order valence-electron chi connectivity index (χ1n) is 4.40. The molecule has 1 aliphatic heterocycles. The molecule has 0 bridgehead atoms. The van der Waals surface area contributed by atoms with Gasteiger partial charge in [0.05, 0.1) is 0 Å². The van der Waals surface area contributed by atoms with Crippen LogP contribution in [0, 0.1) is 0 Å². The Morgan fingerprint density at radius 1 is 1.08 bits per heavy atom. The van der Waals surface area contributed by atoms with Crippen molar-refractivity contribution < 1.29 is 0 Å². The van der Waals surface area contributed by atoms with Crippen molar-refractivity contribution in [1.82, 2.24) is 0 Å². The Kier molecular flexibility index (Phi) is 1.52. The van der Waals surface area contributed by atoms with Crippen molar-refractivity contribution in [2.75, 3.05) is 0 Å². The van der Waals surface area contributed by atoms with E-state index in [0.717, 1.165) is 0 Å². The van der Waals surface area contributed by atoms with E-state index in [-0.39, 0.29) is 0 Å². The minimum Gasteiger partial charge on any atom is -0.0867 e. The van der Waals surface area contributed by atoms with Crippen molar-refractivity contribution >= 4 is 18.8 Å². The van der Waals surface area contributed by atoms with E-state index in [4.69, 9.17) is 0 Å². The highest BCUT2D eigenvalue weighted by molar-refractivity contribution is 6.96. The monoisotopic (exact) mass is 174 g/mol. The summed E-state index contributed by atoms with van der Waals surface area (Å²) in [7, 11) is -1.19. The van der Waals surface area contributed by atoms with Gasteiger partial charge in [0.2, 0.25) is 0 Å². The Labute approximate surface area is 74.9 Å². The lowest BCUT2D eigenvalue weighted by Crippen LogP contribution is -2.37. The maximum Gasteiger partial charge on any atom is 0.105 e. The van der Waals surface area contributed by atoms with Crippen LogP contribution >= 0.6 is 0 Å². The van der Waals surface area contributed by atoms with Gasteiger partial charge < -0.3 is 0 Å². The largest absolute Gasteiger partial charge is 0.105 e. The smallest absolute Gasteiger partial charge is 0.0867 e. The average molecular weight is 174 g/mol. The van der Waals surface area contributed by atoms with Crippen LogP contribution in [0.1, 0.15) is 12.5 Å². The van der Waals surface area contributed by atoms with Crippen molar-refractivity contribution in [1.29, 1.82) is 0 Å². The van der Waals surface area contributed by atoms with Gasteiger partial charge in [0.25, 0.3) is 0 Å². The van der Waals surface area contributed by atoms with E-state index in [2.05, 4.69) is 50.0 Å². The van der Waals surface area contributed by atoms with Crippen LogP contribution in [0.25, 0.3) is 5.57 Å². The van der Waals surface area contributed by atoms with Crippen LogP contribution in [-0.4, -0.2) is 8.07 Å². The topological polar surface area (TPSA) is 0 Å². The molecule has 0 nitrogen and oxygen atoms in total. The highest BCUT2D eigenvalue weighted by Gasteiger charge is 2.29. The molecule has 0 spiro atoms. The summed E-state index contributed by atoms with van der Waals surface area (Å²) < 4.78 is 0. The van der Waals surface area contributed by atoms with Crippen molar-refractivity contribution in [2.45, 2.75) is 20.0 Å². The minimum atomic E-state index is -1.19. The Balaban J connectivity index is 2.68. The van der Waals surface area contributed by atoms with Gasteiger partial charge in [-0.15, -0.1) is 0 Å². The van der Waals surface area contributed by atoms with Gasteiger partial charge in [0.1, 0.15) is 8.07 Å². The molecule has 0 amide bonds. The highest BCUT2D eigenvalue weighted by atomic mass is 28.3. The molecule has 0 atom stereocenters. The lowest BCUT2D eigenvalue weighted by molar-refractivity contribution is 1.63. The predicted molar refractivity (Wildman–Crippen MR) is 57.2 cm³/mol. The van der Waals surface area contributed by atoms with Gasteiger partial charge >= 0.3 is 0 Å². The molecule has 0 unspecified atom stereocenters. The average Bonchev–Trinajstić information content (AvgIpc) is 2.25. The van der Waals surface area contributed by atoms with Gasteiger partial charge in [-0.2, -0.15) is 0 Å². The zero-order valence-corrected chi connectivity index (χ0v) is 8.89. The molecule has 1 aromatic carbocycles. The Bertz CT molecular complexity index is 348. The summed E-state index contributed by atoms with van der Waals surface area (Å²) in [6, 6.07) is 8.81. The Hall–Kier alpha value is -0.823. The van der Waals surface area contributed by atoms with Crippen LogP contribution in [0.2, 0.25) is 13.1 Å². The quantitative estimate of drug-likeness (QED) is 0.530. The molecule has 0 saturated carbocycles. The third kappa shape index (κ3) is 0.968. The first-order chi connectivity index (χ1) is 5.61. The molecule has 62 valence electrons. The van der Waals surface area contributed by atoms with Gasteiger partial charge in [0.15, 0.2) is 0 Å². The third-order valence-corrected chi connectivity index (χ3v) is 5.60. The molecule has 0 aromatic heterocycles. The molecule has 1 aliphatic rings. The van der Waals surface area contributed by atoms with Gasteiger partial charge in [-0.1, -0.05) is 48.6 Å². The molecule has 1 heterocycles. The molecule has 2 rings (SSSR count). The summed E-state index contributed by atoms with van der Waals surface area (Å²) in [5, 5.41) is 1.60. The van der Waals surface area contributed by atoms with E-state index in [0.29, 0.717) is 0 Å². The summed E-state index contributed by atoms with van der Waals surface area (Å²) in [6.07, 6.45) is 0.